The van der Waals surface area contributed by atoms with E-state index in [1.807, 2.05) is 43.3 Å². The van der Waals surface area contributed by atoms with Gasteiger partial charge in [-0.05, 0) is 52.3 Å². The number of rotatable bonds is 6. The number of aromatic nitrogens is 2. The van der Waals surface area contributed by atoms with Gasteiger partial charge in [-0.15, -0.1) is 11.8 Å². The molecule has 1 aromatic carbocycles. The second-order valence-electron chi connectivity index (χ2n) is 8.46. The number of nitrogens with zero attached hydrogens (tertiary/aromatic N) is 3. The quantitative estimate of drug-likeness (QED) is 0.593. The molecule has 2 aliphatic rings. The number of fused-ring (bicyclic) bond motifs is 1. The fraction of sp³-hybridized carbons (Fsp3) is 0.478. The van der Waals surface area contributed by atoms with Gasteiger partial charge in [-0.2, -0.15) is 5.10 Å². The van der Waals surface area contributed by atoms with E-state index in [0.29, 0.717) is 18.0 Å². The summed E-state index contributed by atoms with van der Waals surface area (Å²) in [7, 11) is 1.70. The number of para-hydroxylation sites is 1. The Bertz CT molecular complexity index is 1030. The summed E-state index contributed by atoms with van der Waals surface area (Å²) in [5.41, 5.74) is 1.62. The highest BCUT2D eigenvalue weighted by atomic mass is 32.2. The van der Waals surface area contributed by atoms with Gasteiger partial charge in [0.1, 0.15) is 17.9 Å². The van der Waals surface area contributed by atoms with E-state index < -0.39 is 18.1 Å². The highest BCUT2D eigenvalue weighted by molar-refractivity contribution is 8.00. The molecule has 0 bridgehead atoms. The van der Waals surface area contributed by atoms with Crippen LogP contribution in [0.4, 0.5) is 5.82 Å². The van der Waals surface area contributed by atoms with Gasteiger partial charge in [0.05, 0.1) is 22.8 Å². The first-order valence-corrected chi connectivity index (χ1v) is 12.3. The lowest BCUT2D eigenvalue weighted by Gasteiger charge is -2.30. The van der Waals surface area contributed by atoms with Gasteiger partial charge in [-0.3, -0.25) is 14.4 Å². The number of likely N-dealkylation sites (N-methyl/N-ethyl adjacent to an activating group) is 1. The highest BCUT2D eigenvalue weighted by Gasteiger charge is 2.45. The predicted octanol–water partition coefficient (Wildman–Crippen LogP) is 1.67. The molecule has 33 heavy (non-hydrogen) atoms. The average molecular weight is 471 g/mol. The Kier molecular flexibility index (Phi) is 7.04. The van der Waals surface area contributed by atoms with Gasteiger partial charge in [0.25, 0.3) is 0 Å². The molecule has 176 valence electrons. The Hall–Kier alpha value is -2.85. The van der Waals surface area contributed by atoms with Crippen LogP contribution in [0.3, 0.4) is 0 Å². The molecular formula is C23H30N6O3S. The maximum Gasteiger partial charge on any atom is 0.249 e. The van der Waals surface area contributed by atoms with Crippen molar-refractivity contribution < 1.29 is 14.4 Å². The molecule has 0 saturated carbocycles. The fourth-order valence-corrected chi connectivity index (χ4v) is 5.67. The molecule has 0 radical (unpaired) electrons. The third kappa shape index (κ3) is 4.91. The van der Waals surface area contributed by atoms with Crippen LogP contribution in [0.15, 0.2) is 36.4 Å². The molecule has 9 nitrogen and oxygen atoms in total. The minimum Gasteiger partial charge on any atom is -0.343 e. The third-order valence-corrected chi connectivity index (χ3v) is 7.47. The smallest absolute Gasteiger partial charge is 0.249 e. The normalized spacial score (nSPS) is 23.5. The number of amides is 3. The summed E-state index contributed by atoms with van der Waals surface area (Å²) in [4.78, 5) is 40.8. The van der Waals surface area contributed by atoms with E-state index in [9.17, 15) is 14.4 Å². The molecule has 0 aliphatic carbocycles. The lowest BCUT2D eigenvalue weighted by Crippen LogP contribution is -2.55. The Labute approximate surface area is 197 Å². The number of thioether (sulfide) groups is 1. The lowest BCUT2D eigenvalue weighted by molar-refractivity contribution is -0.141. The number of carbonyl (C=O) groups excluding carboxylic acids is 3. The summed E-state index contributed by atoms with van der Waals surface area (Å²) < 4.78 is 1.69. The van der Waals surface area contributed by atoms with Crippen LogP contribution in [-0.2, 0) is 14.4 Å². The van der Waals surface area contributed by atoms with Crippen molar-refractivity contribution in [2.45, 2.75) is 56.6 Å². The number of nitrogens with one attached hydrogen (secondary N) is 3. The first kappa shape index (κ1) is 23.3. The van der Waals surface area contributed by atoms with E-state index in [-0.39, 0.29) is 23.1 Å². The van der Waals surface area contributed by atoms with E-state index in [1.165, 1.54) is 0 Å². The van der Waals surface area contributed by atoms with Crippen LogP contribution in [0.5, 0.6) is 0 Å². The Morgan fingerprint density at radius 2 is 1.97 bits per heavy atom. The van der Waals surface area contributed by atoms with Crippen molar-refractivity contribution in [3.8, 4) is 5.69 Å². The van der Waals surface area contributed by atoms with E-state index in [2.05, 4.69) is 21.0 Å². The van der Waals surface area contributed by atoms with Gasteiger partial charge in [-0.25, -0.2) is 4.68 Å². The Balaban J connectivity index is 1.52. The highest BCUT2D eigenvalue weighted by Crippen LogP contribution is 2.36. The predicted molar refractivity (Wildman–Crippen MR) is 128 cm³/mol. The fourth-order valence-electron chi connectivity index (χ4n) is 4.21. The molecular weight excluding hydrogens is 440 g/mol. The van der Waals surface area contributed by atoms with Crippen molar-refractivity contribution in [1.29, 1.82) is 0 Å². The molecule has 3 N–H and O–H groups in total. The molecule has 0 spiro atoms. The SMILES string of the molecule is CN[C@@H](C)C(=O)NC1CCC[C@@H]2SCC(C(=O)Nc3cc(C)nn3-c3ccccc3)N2C1=O. The molecule has 2 unspecified atom stereocenters. The molecule has 3 heterocycles. The van der Waals surface area contributed by atoms with Gasteiger partial charge in [0.15, 0.2) is 0 Å². The lowest BCUT2D eigenvalue weighted by atomic mass is 10.1. The van der Waals surface area contributed by atoms with Crippen LogP contribution in [0.1, 0.15) is 31.9 Å². The van der Waals surface area contributed by atoms with Gasteiger partial charge < -0.3 is 20.9 Å². The summed E-state index contributed by atoms with van der Waals surface area (Å²) in [6.45, 7) is 3.62. The van der Waals surface area contributed by atoms with Crippen LogP contribution in [0.2, 0.25) is 0 Å². The first-order chi connectivity index (χ1) is 15.9. The molecule has 4 atom stereocenters. The largest absolute Gasteiger partial charge is 0.343 e. The maximum absolute atomic E-state index is 13.4. The number of hydrogen-bond acceptors (Lipinski definition) is 6. The number of benzene rings is 1. The molecule has 2 saturated heterocycles. The third-order valence-electron chi connectivity index (χ3n) is 6.12. The van der Waals surface area contributed by atoms with Crippen LogP contribution in [-0.4, -0.2) is 68.7 Å². The molecule has 2 aliphatic heterocycles. The van der Waals surface area contributed by atoms with Crippen molar-refractivity contribution in [3.63, 3.8) is 0 Å². The van der Waals surface area contributed by atoms with E-state index >= 15 is 0 Å². The summed E-state index contributed by atoms with van der Waals surface area (Å²) >= 11 is 1.62. The second-order valence-corrected chi connectivity index (χ2v) is 9.67. The standard InChI is InChI=1S/C23H30N6O3S/c1-14-12-19(29(27-14)16-8-5-4-6-9-16)26-22(31)18-13-33-20-11-7-10-17(23(32)28(18)20)25-21(30)15(2)24-3/h4-6,8-9,12,15,17-18,20,24H,7,10-11,13H2,1-3H3,(H,25,30)(H,26,31)/t15-,17?,18?,20-/m0/s1. The van der Waals surface area contributed by atoms with E-state index in [4.69, 9.17) is 0 Å². The molecule has 2 fully saturated rings. The molecule has 1 aromatic heterocycles. The van der Waals surface area contributed by atoms with Crippen LogP contribution in [0, 0.1) is 6.92 Å². The maximum atomic E-state index is 13.4. The molecule has 2 aromatic rings. The Morgan fingerprint density at radius 3 is 2.70 bits per heavy atom. The van der Waals surface area contributed by atoms with E-state index in [1.54, 1.807) is 35.3 Å². The van der Waals surface area contributed by atoms with Gasteiger partial charge in [-0.1, -0.05) is 18.2 Å². The van der Waals surface area contributed by atoms with Crippen LogP contribution >= 0.6 is 11.8 Å². The summed E-state index contributed by atoms with van der Waals surface area (Å²) in [5, 5.41) is 13.2. The first-order valence-electron chi connectivity index (χ1n) is 11.2. The van der Waals surface area contributed by atoms with Gasteiger partial charge >= 0.3 is 0 Å². The van der Waals surface area contributed by atoms with Crippen LogP contribution < -0.4 is 16.0 Å². The zero-order valence-corrected chi connectivity index (χ0v) is 19.9. The van der Waals surface area contributed by atoms with Gasteiger partial charge in [0, 0.05) is 11.8 Å². The minimum absolute atomic E-state index is 0.0577. The van der Waals surface area contributed by atoms with E-state index in [0.717, 1.165) is 24.2 Å². The summed E-state index contributed by atoms with van der Waals surface area (Å²) in [5.74, 6) is 0.434. The topological polar surface area (TPSA) is 108 Å². The van der Waals surface area contributed by atoms with Crippen LogP contribution in [0.25, 0.3) is 5.69 Å². The average Bonchev–Trinajstić information content (AvgIpc) is 3.37. The molecule has 10 heteroatoms. The Morgan fingerprint density at radius 1 is 1.21 bits per heavy atom. The zero-order valence-electron chi connectivity index (χ0n) is 19.1. The van der Waals surface area contributed by atoms with Gasteiger partial charge in [0.2, 0.25) is 17.7 Å². The zero-order chi connectivity index (χ0) is 23.5. The number of hydrogen-bond donors (Lipinski definition) is 3. The van der Waals surface area contributed by atoms with Crippen molar-refractivity contribution in [1.82, 2.24) is 25.3 Å². The number of anilines is 1. The van der Waals surface area contributed by atoms with Crippen molar-refractivity contribution in [3.05, 3.63) is 42.1 Å². The van der Waals surface area contributed by atoms with Crippen molar-refractivity contribution in [2.75, 3.05) is 18.1 Å². The van der Waals surface area contributed by atoms with Crippen molar-refractivity contribution in [2.24, 2.45) is 0 Å². The van der Waals surface area contributed by atoms with Crippen molar-refractivity contribution >= 4 is 35.3 Å². The second kappa shape index (κ2) is 9.96. The molecule has 3 amide bonds. The number of aryl methyl sites for hydroxylation is 1. The molecule has 4 rings (SSSR count). The monoisotopic (exact) mass is 470 g/mol. The summed E-state index contributed by atoms with van der Waals surface area (Å²) in [6.07, 6.45) is 2.19. The summed E-state index contributed by atoms with van der Waals surface area (Å²) in [6, 6.07) is 9.77. The minimum atomic E-state index is -0.621. The number of carbonyl (C=O) groups is 3.